The topological polar surface area (TPSA) is 99.2 Å². The molecule has 0 unspecified atom stereocenters. The summed E-state index contributed by atoms with van der Waals surface area (Å²) >= 11 is 0. The van der Waals surface area contributed by atoms with Gasteiger partial charge < -0.3 is 10.4 Å². The predicted octanol–water partition coefficient (Wildman–Crippen LogP) is 2.89. The Hall–Kier alpha value is -3.05. The fourth-order valence-electron chi connectivity index (χ4n) is 2.04. The zero-order chi connectivity index (χ0) is 17.0. The van der Waals surface area contributed by atoms with Gasteiger partial charge in [-0.05, 0) is 24.3 Å². The van der Waals surface area contributed by atoms with E-state index in [0.717, 1.165) is 18.2 Å². The monoisotopic (exact) mass is 319 g/mol. The van der Waals surface area contributed by atoms with Crippen molar-refractivity contribution in [1.29, 1.82) is 5.26 Å². The standard InChI is InChI=1S/C15H11F2N3O3/c16-11-2-1-3-12(17)15(11)14(21)8-19-10-4-5-13(20(22)23)9(6-10)7-18/h1-6,14,19,21H,8H2/t14-/m0/s1. The van der Waals surface area contributed by atoms with Crippen LogP contribution in [0.5, 0.6) is 0 Å². The van der Waals surface area contributed by atoms with Crippen molar-refractivity contribution in [2.24, 2.45) is 0 Å². The average molecular weight is 319 g/mol. The Labute approximate surface area is 129 Å². The number of nitrogens with one attached hydrogen (secondary N) is 1. The SMILES string of the molecule is N#Cc1cc(NC[C@H](O)c2c(F)cccc2F)ccc1[N+](=O)[O-]. The Morgan fingerprint density at radius 2 is 1.96 bits per heavy atom. The van der Waals surface area contributed by atoms with E-state index >= 15 is 0 Å². The fraction of sp³-hybridized carbons (Fsp3) is 0.133. The largest absolute Gasteiger partial charge is 0.386 e. The van der Waals surface area contributed by atoms with Crippen molar-refractivity contribution in [2.45, 2.75) is 6.10 Å². The molecular formula is C15H11F2N3O3. The molecule has 2 N–H and O–H groups in total. The Morgan fingerprint density at radius 1 is 1.30 bits per heavy atom. The van der Waals surface area contributed by atoms with Gasteiger partial charge >= 0.3 is 0 Å². The third-order valence-electron chi connectivity index (χ3n) is 3.15. The summed E-state index contributed by atoms with van der Waals surface area (Å²) < 4.78 is 27.1. The number of rotatable bonds is 5. The molecule has 8 heteroatoms. The normalized spacial score (nSPS) is 11.6. The average Bonchev–Trinajstić information content (AvgIpc) is 2.52. The van der Waals surface area contributed by atoms with Crippen LogP contribution >= 0.6 is 0 Å². The Balaban J connectivity index is 2.15. The Kier molecular flexibility index (Phi) is 4.83. The summed E-state index contributed by atoms with van der Waals surface area (Å²) in [7, 11) is 0. The van der Waals surface area contributed by atoms with Gasteiger partial charge in [0.25, 0.3) is 5.69 Å². The maximum atomic E-state index is 13.5. The van der Waals surface area contributed by atoms with Gasteiger partial charge in [0, 0.05) is 18.3 Å². The number of nitro benzene ring substituents is 1. The summed E-state index contributed by atoms with van der Waals surface area (Å²) in [6, 6.07) is 8.63. The van der Waals surface area contributed by atoms with E-state index in [1.165, 1.54) is 18.2 Å². The maximum absolute atomic E-state index is 13.5. The quantitative estimate of drug-likeness (QED) is 0.652. The van der Waals surface area contributed by atoms with Crippen molar-refractivity contribution in [1.82, 2.24) is 0 Å². The van der Waals surface area contributed by atoms with Crippen LogP contribution in [-0.2, 0) is 0 Å². The van der Waals surface area contributed by atoms with Crippen LogP contribution in [0.4, 0.5) is 20.2 Å². The van der Waals surface area contributed by atoms with E-state index in [-0.39, 0.29) is 17.8 Å². The molecule has 0 heterocycles. The number of benzene rings is 2. The molecule has 0 saturated carbocycles. The minimum Gasteiger partial charge on any atom is -0.386 e. The Morgan fingerprint density at radius 3 is 2.52 bits per heavy atom. The number of anilines is 1. The maximum Gasteiger partial charge on any atom is 0.287 e. The first-order chi connectivity index (χ1) is 10.9. The third-order valence-corrected chi connectivity index (χ3v) is 3.15. The number of aliphatic hydroxyl groups is 1. The van der Waals surface area contributed by atoms with E-state index in [0.29, 0.717) is 5.69 Å². The molecule has 0 amide bonds. The van der Waals surface area contributed by atoms with Gasteiger partial charge in [0.2, 0.25) is 0 Å². The first-order valence-corrected chi connectivity index (χ1v) is 6.48. The second-order valence-corrected chi connectivity index (χ2v) is 4.63. The van der Waals surface area contributed by atoms with Crippen molar-refractivity contribution in [3.63, 3.8) is 0 Å². The van der Waals surface area contributed by atoms with E-state index in [1.807, 2.05) is 0 Å². The summed E-state index contributed by atoms with van der Waals surface area (Å²) in [5.74, 6) is -1.75. The molecule has 2 aromatic rings. The molecule has 0 fully saturated rings. The van der Waals surface area contributed by atoms with Gasteiger partial charge in [-0.2, -0.15) is 5.26 Å². The molecule has 2 aromatic carbocycles. The molecule has 0 saturated heterocycles. The highest BCUT2D eigenvalue weighted by atomic mass is 19.1. The molecule has 0 bridgehead atoms. The van der Waals surface area contributed by atoms with Crippen LogP contribution in [0.2, 0.25) is 0 Å². The van der Waals surface area contributed by atoms with Gasteiger partial charge in [-0.15, -0.1) is 0 Å². The van der Waals surface area contributed by atoms with Gasteiger partial charge in [0.05, 0.1) is 10.5 Å². The first kappa shape index (κ1) is 16.3. The van der Waals surface area contributed by atoms with Crippen LogP contribution in [0, 0.1) is 33.1 Å². The number of aliphatic hydroxyl groups excluding tert-OH is 1. The van der Waals surface area contributed by atoms with Crippen molar-refractivity contribution < 1.29 is 18.8 Å². The molecule has 2 rings (SSSR count). The zero-order valence-corrected chi connectivity index (χ0v) is 11.7. The third kappa shape index (κ3) is 3.59. The minimum absolute atomic E-state index is 0.161. The van der Waals surface area contributed by atoms with Gasteiger partial charge in [-0.1, -0.05) is 6.07 Å². The number of nitriles is 1. The lowest BCUT2D eigenvalue weighted by atomic mass is 10.1. The van der Waals surface area contributed by atoms with Crippen molar-refractivity contribution in [3.8, 4) is 6.07 Å². The molecule has 0 radical (unpaired) electrons. The van der Waals surface area contributed by atoms with Crippen LogP contribution in [0.1, 0.15) is 17.2 Å². The number of hydrogen-bond donors (Lipinski definition) is 2. The van der Waals surface area contributed by atoms with E-state index in [4.69, 9.17) is 5.26 Å². The van der Waals surface area contributed by atoms with Crippen molar-refractivity contribution in [2.75, 3.05) is 11.9 Å². The zero-order valence-electron chi connectivity index (χ0n) is 11.7. The second-order valence-electron chi connectivity index (χ2n) is 4.63. The van der Waals surface area contributed by atoms with Crippen molar-refractivity contribution in [3.05, 3.63) is 69.3 Å². The summed E-state index contributed by atoms with van der Waals surface area (Å²) in [6.45, 7) is -0.236. The summed E-state index contributed by atoms with van der Waals surface area (Å²) in [5, 5.41) is 32.2. The highest BCUT2D eigenvalue weighted by Crippen LogP contribution is 2.24. The fourth-order valence-corrected chi connectivity index (χ4v) is 2.04. The lowest BCUT2D eigenvalue weighted by molar-refractivity contribution is -0.385. The molecule has 23 heavy (non-hydrogen) atoms. The van der Waals surface area contributed by atoms with E-state index in [2.05, 4.69) is 5.32 Å². The summed E-state index contributed by atoms with van der Waals surface area (Å²) in [4.78, 5) is 10.0. The van der Waals surface area contributed by atoms with E-state index in [9.17, 15) is 24.0 Å². The van der Waals surface area contributed by atoms with E-state index < -0.39 is 28.2 Å². The smallest absolute Gasteiger partial charge is 0.287 e. The lowest BCUT2D eigenvalue weighted by Crippen LogP contribution is -2.15. The van der Waals surface area contributed by atoms with Crippen LogP contribution in [-0.4, -0.2) is 16.6 Å². The lowest BCUT2D eigenvalue weighted by Gasteiger charge is -2.14. The molecule has 118 valence electrons. The molecule has 0 aliphatic rings. The van der Waals surface area contributed by atoms with E-state index in [1.54, 1.807) is 6.07 Å². The highest BCUT2D eigenvalue weighted by Gasteiger charge is 2.18. The summed E-state index contributed by atoms with van der Waals surface area (Å²) in [5.41, 5.74) is -0.671. The van der Waals surface area contributed by atoms with Crippen molar-refractivity contribution >= 4 is 11.4 Å². The van der Waals surface area contributed by atoms with Gasteiger partial charge in [0.1, 0.15) is 29.4 Å². The minimum atomic E-state index is -1.46. The Bertz CT molecular complexity index is 770. The molecule has 1 atom stereocenters. The molecule has 0 spiro atoms. The number of hydrogen-bond acceptors (Lipinski definition) is 5. The highest BCUT2D eigenvalue weighted by molar-refractivity contribution is 5.58. The molecule has 0 aromatic heterocycles. The number of nitrogens with zero attached hydrogens (tertiary/aromatic N) is 2. The number of halogens is 2. The molecule has 6 nitrogen and oxygen atoms in total. The molecule has 0 aliphatic carbocycles. The van der Waals surface area contributed by atoms with Gasteiger partial charge in [-0.3, -0.25) is 10.1 Å². The number of nitro groups is 1. The second kappa shape index (κ2) is 6.81. The predicted molar refractivity (Wildman–Crippen MR) is 77.6 cm³/mol. The van der Waals surface area contributed by atoms with Gasteiger partial charge in [-0.25, -0.2) is 8.78 Å². The van der Waals surface area contributed by atoms with Crippen LogP contribution in [0.15, 0.2) is 36.4 Å². The van der Waals surface area contributed by atoms with Gasteiger partial charge in [0.15, 0.2) is 0 Å². The van der Waals surface area contributed by atoms with Crippen LogP contribution in [0.3, 0.4) is 0 Å². The molecular weight excluding hydrogens is 308 g/mol. The summed E-state index contributed by atoms with van der Waals surface area (Å²) in [6.07, 6.45) is -1.46. The first-order valence-electron chi connectivity index (χ1n) is 6.48. The van der Waals surface area contributed by atoms with Crippen LogP contribution in [0.25, 0.3) is 0 Å². The molecule has 0 aliphatic heterocycles. The van der Waals surface area contributed by atoms with Crippen LogP contribution < -0.4 is 5.32 Å².